The van der Waals surface area contributed by atoms with Crippen LogP contribution in [0.25, 0.3) is 0 Å². The highest BCUT2D eigenvalue weighted by Gasteiger charge is 2.22. The number of hydrogen-bond donors (Lipinski definition) is 1. The monoisotopic (exact) mass is 249 g/mol. The van der Waals surface area contributed by atoms with Gasteiger partial charge in [-0.2, -0.15) is 0 Å². The summed E-state index contributed by atoms with van der Waals surface area (Å²) in [7, 11) is 0. The molecule has 1 atom stereocenters. The Hall–Kier alpha value is -1.16. The molecule has 0 aromatic carbocycles. The molecule has 2 rings (SSSR count). The van der Waals surface area contributed by atoms with Crippen molar-refractivity contribution in [2.45, 2.75) is 51.5 Å². The molecule has 4 heteroatoms. The van der Waals surface area contributed by atoms with E-state index in [4.69, 9.17) is 0 Å². The van der Waals surface area contributed by atoms with Gasteiger partial charge in [-0.1, -0.05) is 26.7 Å². The van der Waals surface area contributed by atoms with Crippen LogP contribution < -0.4 is 4.90 Å². The number of aromatic nitrogens is 2. The normalized spacial score (nSPS) is 21.1. The van der Waals surface area contributed by atoms with Crippen molar-refractivity contribution in [3.63, 3.8) is 0 Å². The number of anilines is 1. The van der Waals surface area contributed by atoms with E-state index >= 15 is 0 Å². The highest BCUT2D eigenvalue weighted by molar-refractivity contribution is 5.41. The van der Waals surface area contributed by atoms with E-state index in [9.17, 15) is 5.11 Å². The van der Waals surface area contributed by atoms with Crippen LogP contribution in [0.2, 0.25) is 0 Å². The Kier molecular flexibility index (Phi) is 4.53. The minimum Gasteiger partial charge on any atom is -0.394 e. The van der Waals surface area contributed by atoms with Crippen LogP contribution in [0.5, 0.6) is 0 Å². The summed E-state index contributed by atoms with van der Waals surface area (Å²) in [6.45, 7) is 5.47. The minimum absolute atomic E-state index is 0.209. The molecule has 0 amide bonds. The first-order valence-corrected chi connectivity index (χ1v) is 6.92. The van der Waals surface area contributed by atoms with E-state index < -0.39 is 0 Å². The first-order chi connectivity index (χ1) is 8.72. The first-order valence-electron chi connectivity index (χ1n) is 6.92. The molecule has 100 valence electrons. The van der Waals surface area contributed by atoms with Gasteiger partial charge in [0.2, 0.25) is 0 Å². The van der Waals surface area contributed by atoms with E-state index in [0.717, 1.165) is 24.5 Å². The zero-order valence-electron chi connectivity index (χ0n) is 11.3. The third kappa shape index (κ3) is 2.99. The number of hydrogen-bond acceptors (Lipinski definition) is 4. The molecule has 0 radical (unpaired) electrons. The van der Waals surface area contributed by atoms with Crippen molar-refractivity contribution in [1.29, 1.82) is 0 Å². The van der Waals surface area contributed by atoms with Gasteiger partial charge in [0.15, 0.2) is 0 Å². The first kappa shape index (κ1) is 13.3. The van der Waals surface area contributed by atoms with Gasteiger partial charge >= 0.3 is 0 Å². The zero-order chi connectivity index (χ0) is 13.0. The summed E-state index contributed by atoms with van der Waals surface area (Å²) >= 11 is 0. The van der Waals surface area contributed by atoms with Crippen LogP contribution in [-0.4, -0.2) is 34.3 Å². The lowest BCUT2D eigenvalue weighted by molar-refractivity contribution is 0.254. The third-order valence-electron chi connectivity index (χ3n) is 3.65. The lowest BCUT2D eigenvalue weighted by Crippen LogP contribution is -2.38. The van der Waals surface area contributed by atoms with Gasteiger partial charge in [-0.15, -0.1) is 0 Å². The van der Waals surface area contributed by atoms with Crippen molar-refractivity contribution in [3.05, 3.63) is 18.1 Å². The van der Waals surface area contributed by atoms with Crippen molar-refractivity contribution in [2.24, 2.45) is 0 Å². The molecule has 0 saturated carbocycles. The SMILES string of the molecule is CC(C)c1cc(N2CCCCCC2CO)ncn1. The van der Waals surface area contributed by atoms with Crippen molar-refractivity contribution < 1.29 is 5.11 Å². The fourth-order valence-electron chi connectivity index (χ4n) is 2.50. The average molecular weight is 249 g/mol. The summed E-state index contributed by atoms with van der Waals surface area (Å²) in [5.74, 6) is 1.38. The molecule has 1 aromatic heterocycles. The highest BCUT2D eigenvalue weighted by atomic mass is 16.3. The molecule has 0 aliphatic carbocycles. The maximum absolute atomic E-state index is 9.54. The fraction of sp³-hybridized carbons (Fsp3) is 0.714. The molecule has 0 spiro atoms. The largest absolute Gasteiger partial charge is 0.394 e. The van der Waals surface area contributed by atoms with E-state index in [2.05, 4.69) is 34.8 Å². The second kappa shape index (κ2) is 6.14. The lowest BCUT2D eigenvalue weighted by atomic mass is 10.1. The van der Waals surface area contributed by atoms with E-state index in [1.807, 2.05) is 0 Å². The molecule has 1 fully saturated rings. The van der Waals surface area contributed by atoms with Crippen LogP contribution in [0.15, 0.2) is 12.4 Å². The van der Waals surface area contributed by atoms with Gasteiger partial charge < -0.3 is 10.0 Å². The second-order valence-electron chi connectivity index (χ2n) is 5.33. The predicted octanol–water partition coefficient (Wildman–Crippen LogP) is 2.34. The summed E-state index contributed by atoms with van der Waals surface area (Å²) in [6.07, 6.45) is 6.32. The van der Waals surface area contributed by atoms with E-state index in [1.54, 1.807) is 6.33 Å². The van der Waals surface area contributed by atoms with E-state index in [1.165, 1.54) is 19.3 Å². The Morgan fingerprint density at radius 3 is 2.89 bits per heavy atom. The second-order valence-corrected chi connectivity index (χ2v) is 5.33. The number of nitrogens with zero attached hydrogens (tertiary/aromatic N) is 3. The summed E-state index contributed by atoms with van der Waals surface area (Å²) in [5, 5.41) is 9.54. The molecule has 4 nitrogen and oxygen atoms in total. The lowest BCUT2D eigenvalue weighted by Gasteiger charge is -2.29. The summed E-state index contributed by atoms with van der Waals surface area (Å²) in [4.78, 5) is 10.9. The smallest absolute Gasteiger partial charge is 0.132 e. The maximum Gasteiger partial charge on any atom is 0.132 e. The molecule has 1 aliphatic heterocycles. The topological polar surface area (TPSA) is 49.2 Å². The van der Waals surface area contributed by atoms with Crippen molar-refractivity contribution in [3.8, 4) is 0 Å². The molecule has 1 aliphatic rings. The molecular weight excluding hydrogens is 226 g/mol. The van der Waals surface area contributed by atoms with Gasteiger partial charge in [0.25, 0.3) is 0 Å². The molecule has 0 bridgehead atoms. The van der Waals surface area contributed by atoms with E-state index in [-0.39, 0.29) is 12.6 Å². The van der Waals surface area contributed by atoms with Crippen LogP contribution in [0, 0.1) is 0 Å². The summed E-state index contributed by atoms with van der Waals surface area (Å²) < 4.78 is 0. The minimum atomic E-state index is 0.209. The van der Waals surface area contributed by atoms with Crippen molar-refractivity contribution in [1.82, 2.24) is 9.97 Å². The third-order valence-corrected chi connectivity index (χ3v) is 3.65. The van der Waals surface area contributed by atoms with Crippen LogP contribution in [0.3, 0.4) is 0 Å². The number of aliphatic hydroxyl groups is 1. The van der Waals surface area contributed by atoms with Gasteiger partial charge in [-0.05, 0) is 18.8 Å². The Bertz CT molecular complexity index is 381. The van der Waals surface area contributed by atoms with Crippen molar-refractivity contribution in [2.75, 3.05) is 18.1 Å². The van der Waals surface area contributed by atoms with Gasteiger partial charge in [0, 0.05) is 18.3 Å². The Morgan fingerprint density at radius 2 is 2.17 bits per heavy atom. The standard InChI is InChI=1S/C14H23N3O/c1-11(2)13-8-14(16-10-15-13)17-7-5-3-4-6-12(17)9-18/h8,10-12,18H,3-7,9H2,1-2H3. The maximum atomic E-state index is 9.54. The fourth-order valence-corrected chi connectivity index (χ4v) is 2.50. The molecule has 1 N–H and O–H groups in total. The van der Waals surface area contributed by atoms with Gasteiger partial charge in [-0.25, -0.2) is 9.97 Å². The molecule has 18 heavy (non-hydrogen) atoms. The predicted molar refractivity (Wildman–Crippen MR) is 72.8 cm³/mol. The van der Waals surface area contributed by atoms with Crippen molar-refractivity contribution >= 4 is 5.82 Å². The van der Waals surface area contributed by atoms with Crippen LogP contribution >= 0.6 is 0 Å². The summed E-state index contributed by atoms with van der Waals surface area (Å²) in [5.41, 5.74) is 1.07. The van der Waals surface area contributed by atoms with Gasteiger partial charge in [0.1, 0.15) is 12.1 Å². The van der Waals surface area contributed by atoms with Gasteiger partial charge in [0.05, 0.1) is 12.6 Å². The zero-order valence-corrected chi connectivity index (χ0v) is 11.3. The highest BCUT2D eigenvalue weighted by Crippen LogP contribution is 2.24. The van der Waals surface area contributed by atoms with Crippen LogP contribution in [0.1, 0.15) is 51.1 Å². The Labute approximate surface area is 109 Å². The van der Waals surface area contributed by atoms with Gasteiger partial charge in [-0.3, -0.25) is 0 Å². The Balaban J connectivity index is 2.24. The molecular formula is C14H23N3O. The van der Waals surface area contributed by atoms with Crippen LogP contribution in [0.4, 0.5) is 5.82 Å². The molecule has 1 saturated heterocycles. The van der Waals surface area contributed by atoms with E-state index in [0.29, 0.717) is 5.92 Å². The number of aliphatic hydroxyl groups excluding tert-OH is 1. The molecule has 1 aromatic rings. The number of rotatable bonds is 3. The average Bonchev–Trinajstić information content (AvgIpc) is 2.63. The summed E-state index contributed by atoms with van der Waals surface area (Å²) in [6, 6.07) is 2.28. The van der Waals surface area contributed by atoms with Crippen LogP contribution in [-0.2, 0) is 0 Å². The quantitative estimate of drug-likeness (QED) is 0.893. The Morgan fingerprint density at radius 1 is 1.33 bits per heavy atom. The molecule has 2 heterocycles. The molecule has 1 unspecified atom stereocenters.